The second-order valence-corrected chi connectivity index (χ2v) is 7.23. The number of hydrogen-bond acceptors (Lipinski definition) is 2. The zero-order valence-electron chi connectivity index (χ0n) is 14.3. The van der Waals surface area contributed by atoms with Crippen molar-refractivity contribution in [3.63, 3.8) is 0 Å². The summed E-state index contributed by atoms with van der Waals surface area (Å²) in [6.45, 7) is 12.2. The highest BCUT2D eigenvalue weighted by Crippen LogP contribution is 2.49. The minimum atomic E-state index is 0.213. The molecule has 1 aromatic carbocycles. The molecule has 118 valence electrons. The monoisotopic (exact) mass is 289 g/mol. The number of hydrogen-bond donors (Lipinski definition) is 1. The summed E-state index contributed by atoms with van der Waals surface area (Å²) >= 11 is 0. The highest BCUT2D eigenvalue weighted by atomic mass is 16.5. The molecule has 0 amide bonds. The van der Waals surface area contributed by atoms with Gasteiger partial charge in [-0.15, -0.1) is 0 Å². The maximum Gasteiger partial charge on any atom is 0.124 e. The maximum atomic E-state index is 6.06. The van der Waals surface area contributed by atoms with Crippen molar-refractivity contribution < 1.29 is 4.74 Å². The van der Waals surface area contributed by atoms with Crippen molar-refractivity contribution in [3.05, 3.63) is 29.8 Å². The molecule has 2 rings (SSSR count). The van der Waals surface area contributed by atoms with Crippen molar-refractivity contribution in [3.8, 4) is 5.75 Å². The van der Waals surface area contributed by atoms with Gasteiger partial charge >= 0.3 is 0 Å². The third kappa shape index (κ3) is 3.79. The van der Waals surface area contributed by atoms with Gasteiger partial charge in [-0.05, 0) is 50.6 Å². The van der Waals surface area contributed by atoms with Gasteiger partial charge in [-0.3, -0.25) is 0 Å². The molecule has 1 saturated carbocycles. The first-order chi connectivity index (χ1) is 9.95. The molecule has 2 unspecified atom stereocenters. The van der Waals surface area contributed by atoms with E-state index in [9.17, 15) is 0 Å². The van der Waals surface area contributed by atoms with Crippen molar-refractivity contribution in [2.75, 3.05) is 6.54 Å². The summed E-state index contributed by atoms with van der Waals surface area (Å²) in [6.07, 6.45) is 4.19. The fraction of sp³-hybridized carbons (Fsp3) is 0.684. The molecule has 0 heterocycles. The van der Waals surface area contributed by atoms with E-state index in [1.807, 2.05) is 0 Å². The fourth-order valence-corrected chi connectivity index (χ4v) is 3.76. The van der Waals surface area contributed by atoms with Crippen LogP contribution in [0.2, 0.25) is 0 Å². The Morgan fingerprint density at radius 2 is 2.00 bits per heavy atom. The predicted molar refractivity (Wildman–Crippen MR) is 89.7 cm³/mol. The molecule has 2 nitrogen and oxygen atoms in total. The molecular weight excluding hydrogens is 258 g/mol. The van der Waals surface area contributed by atoms with E-state index in [4.69, 9.17) is 4.74 Å². The molecule has 21 heavy (non-hydrogen) atoms. The largest absolute Gasteiger partial charge is 0.491 e. The van der Waals surface area contributed by atoms with Crippen LogP contribution < -0.4 is 10.1 Å². The smallest absolute Gasteiger partial charge is 0.124 e. The molecule has 1 aliphatic carbocycles. The average Bonchev–Trinajstić information content (AvgIpc) is 2.76. The quantitative estimate of drug-likeness (QED) is 0.800. The molecule has 0 saturated heterocycles. The van der Waals surface area contributed by atoms with Gasteiger partial charge in [-0.2, -0.15) is 0 Å². The number of nitrogens with one attached hydrogen (secondary N) is 1. The van der Waals surface area contributed by atoms with Gasteiger partial charge < -0.3 is 10.1 Å². The number of rotatable bonds is 6. The molecule has 1 fully saturated rings. The van der Waals surface area contributed by atoms with E-state index < -0.39 is 0 Å². The standard InChI is InChI=1S/C19H31NO/c1-6-20-18(16-11-9-13-19(16,4)5)15-10-7-8-12-17(15)21-14(2)3/h7-8,10,12,14,16,18,20H,6,9,11,13H2,1-5H3. The minimum Gasteiger partial charge on any atom is -0.491 e. The topological polar surface area (TPSA) is 21.3 Å². The lowest BCUT2D eigenvalue weighted by Crippen LogP contribution is -2.34. The lowest BCUT2D eigenvalue weighted by molar-refractivity contribution is 0.189. The Labute approximate surface area is 130 Å². The van der Waals surface area contributed by atoms with Gasteiger partial charge in [0.15, 0.2) is 0 Å². The Morgan fingerprint density at radius 3 is 2.57 bits per heavy atom. The second kappa shape index (κ2) is 6.83. The number of benzene rings is 1. The number of para-hydroxylation sites is 1. The fourth-order valence-electron chi connectivity index (χ4n) is 3.76. The van der Waals surface area contributed by atoms with Crippen LogP contribution in [0.25, 0.3) is 0 Å². The Kier molecular flexibility index (Phi) is 5.32. The van der Waals surface area contributed by atoms with Crippen LogP contribution in [0.4, 0.5) is 0 Å². The first-order valence-electron chi connectivity index (χ1n) is 8.44. The van der Waals surface area contributed by atoms with Crippen molar-refractivity contribution in [2.24, 2.45) is 11.3 Å². The lowest BCUT2D eigenvalue weighted by atomic mass is 9.75. The zero-order chi connectivity index (χ0) is 15.5. The Balaban J connectivity index is 2.34. The van der Waals surface area contributed by atoms with E-state index in [0.717, 1.165) is 12.3 Å². The first-order valence-corrected chi connectivity index (χ1v) is 8.44. The number of ether oxygens (including phenoxy) is 1. The summed E-state index contributed by atoms with van der Waals surface area (Å²) in [6, 6.07) is 8.95. The third-order valence-electron chi connectivity index (χ3n) is 4.78. The van der Waals surface area contributed by atoms with Gasteiger partial charge in [0.1, 0.15) is 5.75 Å². The Bertz CT molecular complexity index is 453. The molecule has 0 aliphatic heterocycles. The van der Waals surface area contributed by atoms with Crippen LogP contribution >= 0.6 is 0 Å². The molecule has 1 aliphatic rings. The molecule has 2 atom stereocenters. The molecule has 0 radical (unpaired) electrons. The minimum absolute atomic E-state index is 0.213. The summed E-state index contributed by atoms with van der Waals surface area (Å²) in [7, 11) is 0. The highest BCUT2D eigenvalue weighted by Gasteiger charge is 2.40. The van der Waals surface area contributed by atoms with Crippen molar-refractivity contribution in [1.82, 2.24) is 5.32 Å². The SMILES string of the molecule is CCNC(c1ccccc1OC(C)C)C1CCCC1(C)C. The Morgan fingerprint density at radius 1 is 1.29 bits per heavy atom. The summed E-state index contributed by atoms with van der Waals surface area (Å²) < 4.78 is 6.06. The summed E-state index contributed by atoms with van der Waals surface area (Å²) in [5, 5.41) is 3.73. The van der Waals surface area contributed by atoms with Gasteiger partial charge in [0.2, 0.25) is 0 Å². The predicted octanol–water partition coefficient (Wildman–Crippen LogP) is 4.95. The van der Waals surface area contributed by atoms with E-state index >= 15 is 0 Å². The van der Waals surface area contributed by atoms with Gasteiger partial charge in [0.05, 0.1) is 6.10 Å². The Hall–Kier alpha value is -1.02. The molecule has 2 heteroatoms. The van der Waals surface area contributed by atoms with E-state index in [2.05, 4.69) is 64.2 Å². The van der Waals surface area contributed by atoms with Crippen LogP contribution in [-0.4, -0.2) is 12.6 Å². The highest BCUT2D eigenvalue weighted by molar-refractivity contribution is 5.37. The molecule has 0 bridgehead atoms. The van der Waals surface area contributed by atoms with Gasteiger partial charge in [0.25, 0.3) is 0 Å². The van der Waals surface area contributed by atoms with Crippen molar-refractivity contribution in [2.45, 2.75) is 66.0 Å². The first kappa shape index (κ1) is 16.4. The lowest BCUT2D eigenvalue weighted by Gasteiger charge is -2.36. The van der Waals surface area contributed by atoms with Crippen LogP contribution in [0.1, 0.15) is 65.5 Å². The van der Waals surface area contributed by atoms with Crippen LogP contribution in [0.15, 0.2) is 24.3 Å². The molecule has 1 N–H and O–H groups in total. The van der Waals surface area contributed by atoms with Crippen LogP contribution in [-0.2, 0) is 0 Å². The van der Waals surface area contributed by atoms with E-state index in [1.54, 1.807) is 0 Å². The molecule has 1 aromatic rings. The zero-order valence-corrected chi connectivity index (χ0v) is 14.3. The summed E-state index contributed by atoms with van der Waals surface area (Å²) in [5.74, 6) is 1.72. The summed E-state index contributed by atoms with van der Waals surface area (Å²) in [5.41, 5.74) is 1.73. The van der Waals surface area contributed by atoms with E-state index in [-0.39, 0.29) is 6.10 Å². The molecular formula is C19H31NO. The van der Waals surface area contributed by atoms with Gasteiger partial charge in [-0.25, -0.2) is 0 Å². The van der Waals surface area contributed by atoms with Crippen molar-refractivity contribution >= 4 is 0 Å². The van der Waals surface area contributed by atoms with E-state index in [0.29, 0.717) is 17.4 Å². The second-order valence-electron chi connectivity index (χ2n) is 7.23. The maximum absolute atomic E-state index is 6.06. The average molecular weight is 289 g/mol. The van der Waals surface area contributed by atoms with Crippen LogP contribution in [0.3, 0.4) is 0 Å². The van der Waals surface area contributed by atoms with Crippen molar-refractivity contribution in [1.29, 1.82) is 0 Å². The van der Waals surface area contributed by atoms with Crippen LogP contribution in [0, 0.1) is 11.3 Å². The van der Waals surface area contributed by atoms with Crippen LogP contribution in [0.5, 0.6) is 5.75 Å². The molecule has 0 spiro atoms. The molecule has 0 aromatic heterocycles. The van der Waals surface area contributed by atoms with Gasteiger partial charge in [0, 0.05) is 11.6 Å². The van der Waals surface area contributed by atoms with Gasteiger partial charge in [-0.1, -0.05) is 45.4 Å². The normalized spacial score (nSPS) is 22.5. The van der Waals surface area contributed by atoms with E-state index in [1.165, 1.54) is 24.8 Å². The summed E-state index contributed by atoms with van der Waals surface area (Å²) in [4.78, 5) is 0. The third-order valence-corrected chi connectivity index (χ3v) is 4.78.